The van der Waals surface area contributed by atoms with E-state index in [1.54, 1.807) is 0 Å². The Hall–Kier alpha value is -1.37. The number of aryl methyl sites for hydroxylation is 1. The number of hydrogen-bond acceptors (Lipinski definition) is 1. The van der Waals surface area contributed by atoms with Gasteiger partial charge in [-0.2, -0.15) is 0 Å². The summed E-state index contributed by atoms with van der Waals surface area (Å²) in [5.41, 5.74) is 2.82. The van der Waals surface area contributed by atoms with Crippen molar-refractivity contribution >= 4 is 5.78 Å². The summed E-state index contributed by atoms with van der Waals surface area (Å²) in [6, 6.07) is 8.95. The zero-order chi connectivity index (χ0) is 18.7. The number of carbonyl (C=O) groups excluding carboxylic acids is 1. The highest BCUT2D eigenvalue weighted by atomic mass is 16.1. The van der Waals surface area contributed by atoms with Gasteiger partial charge >= 0.3 is 0 Å². The Morgan fingerprint density at radius 2 is 1.88 bits per heavy atom. The minimum atomic E-state index is 0.295. The first-order chi connectivity index (χ1) is 12.4. The fourth-order valence-electron chi connectivity index (χ4n) is 5.30. The monoisotopic (exact) mass is 352 g/mol. The lowest BCUT2D eigenvalue weighted by atomic mass is 9.70. The molecule has 1 fully saturated rings. The summed E-state index contributed by atoms with van der Waals surface area (Å²) in [5, 5.41) is 0. The molecule has 5 unspecified atom stereocenters. The maximum absolute atomic E-state index is 12.9. The minimum absolute atomic E-state index is 0.295. The van der Waals surface area contributed by atoms with Crippen molar-refractivity contribution < 1.29 is 4.79 Å². The van der Waals surface area contributed by atoms with Crippen LogP contribution in [0.5, 0.6) is 0 Å². The molecule has 2 aliphatic carbocycles. The van der Waals surface area contributed by atoms with Gasteiger partial charge in [-0.05, 0) is 74.2 Å². The molecule has 1 nitrogen and oxygen atoms in total. The van der Waals surface area contributed by atoms with Crippen molar-refractivity contribution in [3.63, 3.8) is 0 Å². The summed E-state index contributed by atoms with van der Waals surface area (Å²) >= 11 is 0. The number of ketones is 1. The van der Waals surface area contributed by atoms with Crippen molar-refractivity contribution in [2.24, 2.45) is 29.6 Å². The summed E-state index contributed by atoms with van der Waals surface area (Å²) in [5.74, 6) is 3.99. The molecule has 1 aromatic rings. The lowest BCUT2D eigenvalue weighted by Crippen LogP contribution is -2.27. The molecular formula is C25H36O. The topological polar surface area (TPSA) is 17.1 Å². The number of Topliss-reactive ketones (excluding diaryl/α,β-unsaturated/α-hetero) is 1. The van der Waals surface area contributed by atoms with E-state index in [0.29, 0.717) is 35.4 Å². The molecule has 5 atom stereocenters. The van der Waals surface area contributed by atoms with Gasteiger partial charge in [0.25, 0.3) is 0 Å². The number of allylic oxidation sites excluding steroid dienone is 2. The Bertz CT molecular complexity index is 641. The van der Waals surface area contributed by atoms with E-state index in [-0.39, 0.29) is 0 Å². The summed E-state index contributed by atoms with van der Waals surface area (Å²) in [7, 11) is 0. The first-order valence-corrected chi connectivity index (χ1v) is 10.7. The lowest BCUT2D eigenvalue weighted by molar-refractivity contribution is -0.125. The molecule has 2 aliphatic rings. The van der Waals surface area contributed by atoms with Crippen molar-refractivity contribution in [2.45, 2.75) is 72.1 Å². The van der Waals surface area contributed by atoms with Crippen molar-refractivity contribution in [3.05, 3.63) is 47.5 Å². The molecule has 0 N–H and O–H groups in total. The second kappa shape index (κ2) is 8.55. The molecule has 3 rings (SSSR count). The SMILES string of the molecule is Cc1cccc(C2CCC(C(=O)CC3C=CC(CC(C)C)C3)CC2C)c1. The van der Waals surface area contributed by atoms with Crippen LogP contribution in [-0.2, 0) is 4.79 Å². The predicted molar refractivity (Wildman–Crippen MR) is 110 cm³/mol. The Morgan fingerprint density at radius 1 is 1.12 bits per heavy atom. The van der Waals surface area contributed by atoms with Crippen LogP contribution in [0, 0.1) is 36.5 Å². The van der Waals surface area contributed by atoms with Crippen molar-refractivity contribution in [2.75, 3.05) is 0 Å². The molecule has 1 saturated carbocycles. The van der Waals surface area contributed by atoms with E-state index >= 15 is 0 Å². The maximum atomic E-state index is 12.9. The highest BCUT2D eigenvalue weighted by Crippen LogP contribution is 2.42. The molecule has 0 bridgehead atoms. The minimum Gasteiger partial charge on any atom is -0.299 e. The van der Waals surface area contributed by atoms with Gasteiger partial charge < -0.3 is 0 Å². The third-order valence-corrected chi connectivity index (χ3v) is 6.59. The normalized spacial score (nSPS) is 31.5. The molecule has 0 heterocycles. The van der Waals surface area contributed by atoms with E-state index in [1.807, 2.05) is 0 Å². The second-order valence-corrected chi connectivity index (χ2v) is 9.45. The van der Waals surface area contributed by atoms with Crippen LogP contribution in [0.25, 0.3) is 0 Å². The van der Waals surface area contributed by atoms with Gasteiger partial charge in [0.2, 0.25) is 0 Å². The van der Waals surface area contributed by atoms with Crippen molar-refractivity contribution in [3.8, 4) is 0 Å². The van der Waals surface area contributed by atoms with Crippen LogP contribution in [0.3, 0.4) is 0 Å². The van der Waals surface area contributed by atoms with Crippen LogP contribution < -0.4 is 0 Å². The van der Waals surface area contributed by atoms with Gasteiger partial charge in [0.1, 0.15) is 5.78 Å². The Labute approximate surface area is 160 Å². The van der Waals surface area contributed by atoms with Gasteiger partial charge in [-0.25, -0.2) is 0 Å². The highest BCUT2D eigenvalue weighted by molar-refractivity contribution is 5.81. The average Bonchev–Trinajstić information content (AvgIpc) is 3.00. The van der Waals surface area contributed by atoms with Crippen LogP contribution in [0.2, 0.25) is 0 Å². The standard InChI is InChI=1S/C25H36O/c1-17(2)12-20-8-9-21(15-20)16-25(26)23-10-11-24(19(4)14-23)22-7-5-6-18(3)13-22/h5-9,13,17,19-21,23-24H,10-12,14-16H2,1-4H3. The molecule has 142 valence electrons. The molecule has 0 radical (unpaired) electrons. The van der Waals surface area contributed by atoms with E-state index < -0.39 is 0 Å². The van der Waals surface area contributed by atoms with Gasteiger partial charge in [-0.1, -0.05) is 62.8 Å². The summed E-state index contributed by atoms with van der Waals surface area (Å²) in [4.78, 5) is 12.9. The molecule has 0 aromatic heterocycles. The zero-order valence-electron chi connectivity index (χ0n) is 17.1. The first kappa shape index (κ1) is 19.4. The fraction of sp³-hybridized carbons (Fsp3) is 0.640. The molecule has 1 heteroatoms. The quantitative estimate of drug-likeness (QED) is 0.520. The Kier molecular flexibility index (Phi) is 6.37. The number of hydrogen-bond donors (Lipinski definition) is 0. The maximum Gasteiger partial charge on any atom is 0.136 e. The number of benzene rings is 1. The third-order valence-electron chi connectivity index (χ3n) is 6.59. The smallest absolute Gasteiger partial charge is 0.136 e. The summed E-state index contributed by atoms with van der Waals surface area (Å²) < 4.78 is 0. The van der Waals surface area contributed by atoms with E-state index in [1.165, 1.54) is 24.0 Å². The molecule has 1 aromatic carbocycles. The highest BCUT2D eigenvalue weighted by Gasteiger charge is 2.33. The molecule has 26 heavy (non-hydrogen) atoms. The van der Waals surface area contributed by atoms with Crippen LogP contribution in [-0.4, -0.2) is 5.78 Å². The van der Waals surface area contributed by atoms with E-state index in [2.05, 4.69) is 64.1 Å². The van der Waals surface area contributed by atoms with Gasteiger partial charge in [-0.3, -0.25) is 4.79 Å². The van der Waals surface area contributed by atoms with Crippen molar-refractivity contribution in [1.82, 2.24) is 0 Å². The third kappa shape index (κ3) is 4.87. The van der Waals surface area contributed by atoms with Crippen LogP contribution in [0.4, 0.5) is 0 Å². The van der Waals surface area contributed by atoms with Gasteiger partial charge in [0.15, 0.2) is 0 Å². The average molecular weight is 353 g/mol. The van der Waals surface area contributed by atoms with Gasteiger partial charge in [0.05, 0.1) is 0 Å². The molecule has 0 amide bonds. The zero-order valence-corrected chi connectivity index (χ0v) is 17.1. The molecular weight excluding hydrogens is 316 g/mol. The lowest BCUT2D eigenvalue weighted by Gasteiger charge is -2.34. The molecule has 0 aliphatic heterocycles. The summed E-state index contributed by atoms with van der Waals surface area (Å²) in [6.07, 6.45) is 11.2. The fourth-order valence-corrected chi connectivity index (χ4v) is 5.30. The Morgan fingerprint density at radius 3 is 2.58 bits per heavy atom. The first-order valence-electron chi connectivity index (χ1n) is 10.7. The number of rotatable bonds is 6. The van der Waals surface area contributed by atoms with Crippen LogP contribution in [0.1, 0.15) is 76.3 Å². The Balaban J connectivity index is 1.51. The summed E-state index contributed by atoms with van der Waals surface area (Å²) in [6.45, 7) is 9.10. The van der Waals surface area contributed by atoms with E-state index in [4.69, 9.17) is 0 Å². The molecule has 0 spiro atoms. The van der Waals surface area contributed by atoms with Crippen molar-refractivity contribution in [1.29, 1.82) is 0 Å². The van der Waals surface area contributed by atoms with E-state index in [9.17, 15) is 4.79 Å². The van der Waals surface area contributed by atoms with Gasteiger partial charge in [0, 0.05) is 12.3 Å². The number of carbonyl (C=O) groups is 1. The second-order valence-electron chi connectivity index (χ2n) is 9.45. The van der Waals surface area contributed by atoms with Gasteiger partial charge in [-0.15, -0.1) is 0 Å². The predicted octanol–water partition coefficient (Wildman–Crippen LogP) is 6.71. The van der Waals surface area contributed by atoms with Crippen LogP contribution in [0.15, 0.2) is 36.4 Å². The van der Waals surface area contributed by atoms with Crippen LogP contribution >= 0.6 is 0 Å². The van der Waals surface area contributed by atoms with E-state index in [0.717, 1.165) is 31.6 Å². The molecule has 0 saturated heterocycles. The largest absolute Gasteiger partial charge is 0.299 e.